The van der Waals surface area contributed by atoms with Gasteiger partial charge in [0.25, 0.3) is 0 Å². The largest absolute Gasteiger partial charge is 0.350 e. The molecule has 7 heteroatoms. The van der Waals surface area contributed by atoms with Crippen LogP contribution in [-0.2, 0) is 28.1 Å². The van der Waals surface area contributed by atoms with Gasteiger partial charge in [-0.15, -0.1) is 0 Å². The lowest BCUT2D eigenvalue weighted by Gasteiger charge is -2.20. The van der Waals surface area contributed by atoms with E-state index >= 15 is 0 Å². The number of fused-ring (bicyclic) bond motifs is 1. The van der Waals surface area contributed by atoms with Crippen molar-refractivity contribution < 1.29 is 17.6 Å². The highest BCUT2D eigenvalue weighted by atomic mass is 32.2. The van der Waals surface area contributed by atoms with Gasteiger partial charge in [-0.2, -0.15) is 0 Å². The van der Waals surface area contributed by atoms with Crippen molar-refractivity contribution in [3.8, 4) is 0 Å². The van der Waals surface area contributed by atoms with Crippen LogP contribution in [-0.4, -0.2) is 42.6 Å². The van der Waals surface area contributed by atoms with Crippen LogP contribution in [0.25, 0.3) is 10.9 Å². The number of benzene rings is 2. The lowest BCUT2D eigenvalue weighted by Crippen LogP contribution is -2.34. The van der Waals surface area contributed by atoms with Crippen molar-refractivity contribution in [2.75, 3.05) is 18.8 Å². The molecule has 5 nitrogen and oxygen atoms in total. The minimum absolute atomic E-state index is 0.106. The van der Waals surface area contributed by atoms with E-state index in [2.05, 4.69) is 0 Å². The van der Waals surface area contributed by atoms with Crippen LogP contribution in [0.1, 0.15) is 22.8 Å². The van der Waals surface area contributed by atoms with Gasteiger partial charge in [-0.25, -0.2) is 12.8 Å². The summed E-state index contributed by atoms with van der Waals surface area (Å²) in [6.07, 6.45) is 2.36. The number of halogens is 1. The Morgan fingerprint density at radius 1 is 1.10 bits per heavy atom. The lowest BCUT2D eigenvalue weighted by molar-refractivity contribution is -0.130. The molecule has 2 aromatic carbocycles. The zero-order valence-corrected chi connectivity index (χ0v) is 17.0. The average Bonchev–Trinajstić information content (AvgIpc) is 2.91. The fourth-order valence-corrected chi connectivity index (χ4v) is 5.92. The number of para-hydroxylation sites is 1. The number of nitrogens with zero attached hydrogens (tertiary/aromatic N) is 2. The third-order valence-corrected chi connectivity index (χ3v) is 7.77. The first kappa shape index (κ1) is 19.6. The van der Waals surface area contributed by atoms with Crippen molar-refractivity contribution >= 4 is 26.6 Å². The van der Waals surface area contributed by atoms with Crippen molar-refractivity contribution in [3.63, 3.8) is 0 Å². The summed E-state index contributed by atoms with van der Waals surface area (Å²) in [5.41, 5.74) is 2.16. The standard InChI is InChI=1S/C22H23FN2O3S/c1-24-15-16(17-6-3-5-9-20(17)24)14-22(26)25-11-10-21(29(27,28)13-12-25)18-7-2-4-8-19(18)23/h2-9,15,21H,10-14H2,1H3/t21-/m0/s1. The van der Waals surface area contributed by atoms with E-state index in [1.54, 1.807) is 17.0 Å². The molecule has 152 valence electrons. The van der Waals surface area contributed by atoms with Crippen LogP contribution >= 0.6 is 0 Å². The highest BCUT2D eigenvalue weighted by molar-refractivity contribution is 7.91. The van der Waals surface area contributed by atoms with Gasteiger partial charge in [0, 0.05) is 42.8 Å². The minimum atomic E-state index is -3.54. The number of carbonyl (C=O) groups is 1. The first-order valence-corrected chi connectivity index (χ1v) is 11.3. The van der Waals surface area contributed by atoms with Gasteiger partial charge in [0.2, 0.25) is 5.91 Å². The Morgan fingerprint density at radius 3 is 2.62 bits per heavy atom. The molecule has 0 N–H and O–H groups in total. The minimum Gasteiger partial charge on any atom is -0.350 e. The molecule has 4 rings (SSSR count). The topological polar surface area (TPSA) is 59.4 Å². The molecule has 0 unspecified atom stereocenters. The Kier molecular flexibility index (Phi) is 5.17. The summed E-state index contributed by atoms with van der Waals surface area (Å²) in [5, 5.41) is 0.106. The Hall–Kier alpha value is -2.67. The monoisotopic (exact) mass is 414 g/mol. The van der Waals surface area contributed by atoms with Crippen molar-refractivity contribution in [2.24, 2.45) is 7.05 Å². The number of aromatic nitrogens is 1. The maximum absolute atomic E-state index is 14.2. The highest BCUT2D eigenvalue weighted by Gasteiger charge is 2.34. The van der Waals surface area contributed by atoms with Gasteiger partial charge in [0.15, 0.2) is 9.84 Å². The fourth-order valence-electron chi connectivity index (χ4n) is 4.12. The summed E-state index contributed by atoms with van der Waals surface area (Å²) in [4.78, 5) is 14.5. The third-order valence-electron chi connectivity index (χ3n) is 5.67. The van der Waals surface area contributed by atoms with E-state index < -0.39 is 20.9 Å². The van der Waals surface area contributed by atoms with Crippen molar-refractivity contribution in [2.45, 2.75) is 18.1 Å². The molecule has 1 amide bonds. The van der Waals surface area contributed by atoms with E-state index in [1.165, 1.54) is 12.1 Å². The fraction of sp³-hybridized carbons (Fsp3) is 0.318. The zero-order chi connectivity index (χ0) is 20.6. The number of carbonyl (C=O) groups excluding carboxylic acids is 1. The summed E-state index contributed by atoms with van der Waals surface area (Å²) in [7, 11) is -1.61. The second-order valence-corrected chi connectivity index (χ2v) is 9.81. The molecule has 3 aromatic rings. The molecule has 0 spiro atoms. The molecule has 1 aliphatic heterocycles. The Morgan fingerprint density at radius 2 is 1.83 bits per heavy atom. The van der Waals surface area contributed by atoms with Gasteiger partial charge < -0.3 is 9.47 Å². The van der Waals surface area contributed by atoms with E-state index in [0.29, 0.717) is 6.54 Å². The Balaban J connectivity index is 1.54. The van der Waals surface area contributed by atoms with E-state index in [1.807, 2.05) is 42.1 Å². The van der Waals surface area contributed by atoms with E-state index in [9.17, 15) is 17.6 Å². The van der Waals surface area contributed by atoms with Crippen LogP contribution in [0.15, 0.2) is 54.7 Å². The predicted octanol–water partition coefficient (Wildman–Crippen LogP) is 3.25. The summed E-state index contributed by atoms with van der Waals surface area (Å²) in [5.74, 6) is -0.782. The van der Waals surface area contributed by atoms with E-state index in [4.69, 9.17) is 0 Å². The number of aryl methyl sites for hydroxylation is 1. The average molecular weight is 415 g/mol. The van der Waals surface area contributed by atoms with Crippen LogP contribution < -0.4 is 0 Å². The van der Waals surface area contributed by atoms with E-state index in [-0.39, 0.29) is 36.6 Å². The van der Waals surface area contributed by atoms with Gasteiger partial charge in [0.1, 0.15) is 5.82 Å². The molecule has 1 fully saturated rings. The number of rotatable bonds is 3. The highest BCUT2D eigenvalue weighted by Crippen LogP contribution is 2.31. The van der Waals surface area contributed by atoms with Gasteiger partial charge >= 0.3 is 0 Å². The zero-order valence-electron chi connectivity index (χ0n) is 16.2. The first-order chi connectivity index (χ1) is 13.9. The molecule has 0 bridgehead atoms. The molecule has 0 saturated carbocycles. The number of amides is 1. The molecular formula is C22H23FN2O3S. The summed E-state index contributed by atoms with van der Waals surface area (Å²) in [6, 6.07) is 13.9. The van der Waals surface area contributed by atoms with Crippen molar-refractivity contribution in [3.05, 3.63) is 71.7 Å². The summed E-state index contributed by atoms with van der Waals surface area (Å²) in [6.45, 7) is 0.429. The van der Waals surface area contributed by atoms with Crippen LogP contribution in [0.5, 0.6) is 0 Å². The van der Waals surface area contributed by atoms with Crippen molar-refractivity contribution in [1.82, 2.24) is 9.47 Å². The summed E-state index contributed by atoms with van der Waals surface area (Å²) >= 11 is 0. The number of hydrogen-bond donors (Lipinski definition) is 0. The Labute approximate surface area is 169 Å². The van der Waals surface area contributed by atoms with Gasteiger partial charge in [-0.1, -0.05) is 36.4 Å². The van der Waals surface area contributed by atoms with Crippen LogP contribution in [0.2, 0.25) is 0 Å². The van der Waals surface area contributed by atoms with Crippen molar-refractivity contribution in [1.29, 1.82) is 0 Å². The second-order valence-electron chi connectivity index (χ2n) is 7.51. The van der Waals surface area contributed by atoms with Gasteiger partial charge in [-0.05, 0) is 24.1 Å². The third kappa shape index (κ3) is 3.79. The molecule has 1 aliphatic rings. The van der Waals surface area contributed by atoms with Crippen LogP contribution in [0, 0.1) is 5.82 Å². The molecular weight excluding hydrogens is 391 g/mol. The molecule has 0 aliphatic carbocycles. The predicted molar refractivity (Wildman–Crippen MR) is 111 cm³/mol. The molecule has 1 atom stereocenters. The van der Waals surface area contributed by atoms with Crippen LogP contribution in [0.3, 0.4) is 0 Å². The smallest absolute Gasteiger partial charge is 0.227 e. The SMILES string of the molecule is Cn1cc(CC(=O)N2CC[C@@H](c3ccccc3F)S(=O)(=O)CC2)c2ccccc21. The maximum Gasteiger partial charge on any atom is 0.227 e. The first-order valence-electron chi connectivity index (χ1n) is 9.63. The molecule has 0 radical (unpaired) electrons. The number of sulfone groups is 1. The quantitative estimate of drug-likeness (QED) is 0.661. The second kappa shape index (κ2) is 7.63. The summed E-state index contributed by atoms with van der Waals surface area (Å²) < 4.78 is 41.7. The Bertz CT molecular complexity index is 1170. The normalized spacial score (nSPS) is 19.2. The van der Waals surface area contributed by atoms with Crippen LogP contribution in [0.4, 0.5) is 4.39 Å². The van der Waals surface area contributed by atoms with E-state index in [0.717, 1.165) is 16.5 Å². The maximum atomic E-state index is 14.2. The molecule has 1 aromatic heterocycles. The van der Waals surface area contributed by atoms with Gasteiger partial charge in [-0.3, -0.25) is 4.79 Å². The molecule has 2 heterocycles. The lowest BCUT2D eigenvalue weighted by atomic mass is 10.1. The number of hydrogen-bond acceptors (Lipinski definition) is 3. The molecule has 1 saturated heterocycles. The van der Waals surface area contributed by atoms with Gasteiger partial charge in [0.05, 0.1) is 17.4 Å². The molecule has 29 heavy (non-hydrogen) atoms.